The lowest BCUT2D eigenvalue weighted by Gasteiger charge is -2.40. The van der Waals surface area contributed by atoms with Gasteiger partial charge in [0.15, 0.2) is 18.2 Å². The number of rotatable bonds is 15. The lowest BCUT2D eigenvalue weighted by molar-refractivity contribution is -0.287. The lowest BCUT2D eigenvalue weighted by Crippen LogP contribution is -2.61. The molecule has 0 unspecified atom stereocenters. The maximum atomic E-state index is 11.8. The minimum Gasteiger partial charge on any atom is -0.348 e. The molecule has 1 aromatic rings. The van der Waals surface area contributed by atoms with Crippen molar-refractivity contribution >= 4 is 41.6 Å². The van der Waals surface area contributed by atoms with E-state index in [0.717, 1.165) is 13.3 Å². The van der Waals surface area contributed by atoms with Crippen molar-refractivity contribution in [3.8, 4) is 0 Å². The number of nitrogens with one attached hydrogen (secondary N) is 1. The number of hydrogen-bond acceptors (Lipinski definition) is 18. The Hall–Kier alpha value is -1.54. The number of fused-ring (bicyclic) bond motifs is 1. The number of hydrogen-bond donors (Lipinski definition) is 5. The van der Waals surface area contributed by atoms with Crippen LogP contribution in [0.5, 0.6) is 0 Å². The van der Waals surface area contributed by atoms with E-state index in [1.165, 1.54) is 13.8 Å². The highest BCUT2D eigenvalue weighted by Crippen LogP contribution is 2.46. The zero-order chi connectivity index (χ0) is 35.9. The van der Waals surface area contributed by atoms with Gasteiger partial charge in [-0.15, -0.1) is 0 Å². The molecule has 3 fully saturated rings. The first-order valence-electron chi connectivity index (χ1n) is 13.4. The summed E-state index contributed by atoms with van der Waals surface area (Å²) in [6, 6.07) is 8.44. The lowest BCUT2D eigenvalue weighted by atomic mass is 10.0. The Morgan fingerprint density at radius 1 is 0.833 bits per heavy atom. The normalized spacial score (nSPS) is 33.4. The summed E-state index contributed by atoms with van der Waals surface area (Å²) in [6.07, 6.45) is -13.7. The fourth-order valence-electron chi connectivity index (χ4n) is 5.19. The number of ether oxygens (including phenoxy) is 5. The van der Waals surface area contributed by atoms with Crippen LogP contribution in [0.2, 0.25) is 0 Å². The van der Waals surface area contributed by atoms with Crippen molar-refractivity contribution in [2.75, 3.05) is 6.54 Å². The second-order valence-corrected chi connectivity index (χ2v) is 15.1. The van der Waals surface area contributed by atoms with Crippen LogP contribution >= 0.6 is 0 Å². The standard InChI is InChI=1S/C22H32NO21S4/c1-12(40-45(24,25)26)17-19(43-48(33,34)35)20-22(38-17,44-21(2,3)39-20)23-10-15-18(42-47(30,31)32)14(41-46(27,28)29)9-16(37-15)36-11-13-7-5-4-6-8-13/h4-9,12,14-20,23H,10-11H2,1-3H3,(H,24,25,26)(H,27,28,29)(H,30,31,32)(H,33,34,35)/t12-,14-,15-,16+,17-,18+,19+,20-,22-/m1/s1. The summed E-state index contributed by atoms with van der Waals surface area (Å²) < 4.78 is 178. The monoisotopic (exact) mass is 774 g/mol. The highest BCUT2D eigenvalue weighted by atomic mass is 32.3. The summed E-state index contributed by atoms with van der Waals surface area (Å²) in [6.45, 7) is 2.78. The van der Waals surface area contributed by atoms with Gasteiger partial charge < -0.3 is 23.7 Å². The van der Waals surface area contributed by atoms with Crippen molar-refractivity contribution < 1.29 is 92.3 Å². The van der Waals surface area contributed by atoms with E-state index in [1.807, 2.05) is 0 Å². The van der Waals surface area contributed by atoms with Crippen molar-refractivity contribution in [3.05, 3.63) is 42.3 Å². The van der Waals surface area contributed by atoms with Gasteiger partial charge >= 0.3 is 41.6 Å². The maximum absolute atomic E-state index is 11.8. The molecule has 1 aromatic carbocycles. The van der Waals surface area contributed by atoms with E-state index in [4.69, 9.17) is 27.9 Å². The minimum atomic E-state index is -5.38. The quantitative estimate of drug-likeness (QED) is 0.129. The van der Waals surface area contributed by atoms with Crippen molar-refractivity contribution in [2.24, 2.45) is 0 Å². The predicted molar refractivity (Wildman–Crippen MR) is 151 cm³/mol. The van der Waals surface area contributed by atoms with Crippen LogP contribution in [0.4, 0.5) is 0 Å². The zero-order valence-electron chi connectivity index (χ0n) is 24.9. The maximum Gasteiger partial charge on any atom is 0.397 e. The molecule has 3 aliphatic rings. The Morgan fingerprint density at radius 2 is 1.42 bits per heavy atom. The van der Waals surface area contributed by atoms with Gasteiger partial charge in [0.2, 0.25) is 0 Å². The van der Waals surface area contributed by atoms with Gasteiger partial charge in [0.05, 0.1) is 13.0 Å². The van der Waals surface area contributed by atoms with Crippen molar-refractivity contribution in [3.63, 3.8) is 0 Å². The molecule has 26 heteroatoms. The molecular formula is C22H32NO21S4. The Balaban J connectivity index is 1.68. The SMILES string of the molecule is C[C@@H](OS(=O)(=O)O)[C@H]1O[C@@]2(NC[C@H]3O[C@H](OCc4ccccc4)[CH][C@@H](OS(=O)(=O)O)[C@@H]3OS(=O)(=O)O)OC(C)(C)O[C@@H]2[C@H]1OS(=O)(=O)O. The van der Waals surface area contributed by atoms with Gasteiger partial charge in [-0.3, -0.25) is 23.5 Å². The van der Waals surface area contributed by atoms with Gasteiger partial charge in [-0.1, -0.05) is 30.3 Å². The predicted octanol–water partition coefficient (Wildman–Crippen LogP) is -1.30. The summed E-state index contributed by atoms with van der Waals surface area (Å²) in [5, 5.41) is 2.63. The molecule has 1 radical (unpaired) electrons. The van der Waals surface area contributed by atoms with Crippen LogP contribution in [0, 0.1) is 6.42 Å². The third-order valence-electron chi connectivity index (χ3n) is 6.70. The molecular weight excluding hydrogens is 742 g/mol. The first-order chi connectivity index (χ1) is 21.8. The van der Waals surface area contributed by atoms with Gasteiger partial charge in [-0.2, -0.15) is 33.7 Å². The van der Waals surface area contributed by atoms with Crippen LogP contribution in [0.1, 0.15) is 26.3 Å². The Labute approximate surface area is 275 Å². The first-order valence-corrected chi connectivity index (χ1v) is 18.9. The molecule has 0 spiro atoms. The van der Waals surface area contributed by atoms with Crippen molar-refractivity contribution in [2.45, 2.75) is 88.1 Å². The van der Waals surface area contributed by atoms with Crippen LogP contribution in [-0.2, 0) is 88.6 Å². The second-order valence-electron chi connectivity index (χ2n) is 10.9. The van der Waals surface area contributed by atoms with E-state index < -0.39 is 109 Å². The molecule has 275 valence electrons. The van der Waals surface area contributed by atoms with Crippen LogP contribution in [0.25, 0.3) is 0 Å². The fraction of sp³-hybridized carbons (Fsp3) is 0.682. The van der Waals surface area contributed by atoms with E-state index >= 15 is 0 Å². The van der Waals surface area contributed by atoms with Crippen LogP contribution in [0.15, 0.2) is 30.3 Å². The van der Waals surface area contributed by atoms with Crippen molar-refractivity contribution in [1.29, 1.82) is 0 Å². The summed E-state index contributed by atoms with van der Waals surface area (Å²) in [4.78, 5) is 0. The molecule has 0 aliphatic carbocycles. The van der Waals surface area contributed by atoms with Gasteiger partial charge in [0.25, 0.3) is 5.91 Å². The van der Waals surface area contributed by atoms with Gasteiger partial charge in [-0.25, -0.2) is 16.7 Å². The largest absolute Gasteiger partial charge is 0.397 e. The fourth-order valence-corrected chi connectivity index (χ4v) is 7.14. The molecule has 9 atom stereocenters. The second kappa shape index (κ2) is 14.2. The average molecular weight is 775 g/mol. The first kappa shape index (κ1) is 39.2. The molecule has 0 saturated carbocycles. The smallest absolute Gasteiger partial charge is 0.348 e. The Morgan fingerprint density at radius 3 is 1.98 bits per heavy atom. The van der Waals surface area contributed by atoms with E-state index in [1.54, 1.807) is 30.3 Å². The minimum absolute atomic E-state index is 0.146. The molecule has 5 N–H and O–H groups in total. The third-order valence-corrected chi connectivity index (χ3v) is 8.65. The molecule has 48 heavy (non-hydrogen) atoms. The van der Waals surface area contributed by atoms with Gasteiger partial charge in [0, 0.05) is 6.54 Å². The average Bonchev–Trinajstić information content (AvgIpc) is 3.32. The van der Waals surface area contributed by atoms with Crippen LogP contribution in [-0.4, -0.2) is 119 Å². The molecule has 3 aliphatic heterocycles. The Bertz CT molecular complexity index is 1720. The van der Waals surface area contributed by atoms with Gasteiger partial charge in [-0.05, 0) is 26.3 Å². The zero-order valence-corrected chi connectivity index (χ0v) is 28.1. The van der Waals surface area contributed by atoms with Crippen LogP contribution < -0.4 is 5.32 Å². The summed E-state index contributed by atoms with van der Waals surface area (Å²) in [7, 11) is -21.2. The molecule has 0 bridgehead atoms. The molecule has 3 saturated heterocycles. The van der Waals surface area contributed by atoms with E-state index in [-0.39, 0.29) is 6.61 Å². The molecule has 4 rings (SSSR count). The summed E-state index contributed by atoms with van der Waals surface area (Å²) in [5.74, 6) is -4.02. The van der Waals surface area contributed by atoms with E-state index in [9.17, 15) is 51.9 Å². The Kier molecular flexibility index (Phi) is 11.6. The highest BCUT2D eigenvalue weighted by molar-refractivity contribution is 7.81. The number of benzene rings is 1. The topological polar surface area (TPSA) is 313 Å². The molecule has 0 aromatic heterocycles. The van der Waals surface area contributed by atoms with Crippen molar-refractivity contribution in [1.82, 2.24) is 5.32 Å². The summed E-state index contributed by atoms with van der Waals surface area (Å²) in [5.41, 5.74) is 0.615. The third kappa shape index (κ3) is 11.0. The van der Waals surface area contributed by atoms with Crippen LogP contribution in [0.3, 0.4) is 0 Å². The molecule has 0 amide bonds. The van der Waals surface area contributed by atoms with E-state index in [2.05, 4.69) is 17.9 Å². The van der Waals surface area contributed by atoms with Gasteiger partial charge in [0.1, 0.15) is 36.6 Å². The highest BCUT2D eigenvalue weighted by Gasteiger charge is 2.68. The van der Waals surface area contributed by atoms with E-state index in [0.29, 0.717) is 5.56 Å². The summed E-state index contributed by atoms with van der Waals surface area (Å²) >= 11 is 0. The molecule has 22 nitrogen and oxygen atoms in total. The molecule has 3 heterocycles.